The molecule has 0 radical (unpaired) electrons. The van der Waals surface area contributed by atoms with Crippen LogP contribution in [-0.2, 0) is 42.7 Å². The molecule has 0 unspecified atom stereocenters. The van der Waals surface area contributed by atoms with Gasteiger partial charge in [0.1, 0.15) is 5.82 Å². The first-order valence-corrected chi connectivity index (χ1v) is 23.7. The number of anilines is 2. The Kier molecular flexibility index (Phi) is 12.8. The summed E-state index contributed by atoms with van der Waals surface area (Å²) in [4.78, 5) is 9.58. The van der Waals surface area contributed by atoms with Gasteiger partial charge in [-0.05, 0) is 80.6 Å². The molecule has 0 saturated heterocycles. The van der Waals surface area contributed by atoms with Gasteiger partial charge in [0.2, 0.25) is 0 Å². The fourth-order valence-electron chi connectivity index (χ4n) is 9.29. The van der Waals surface area contributed by atoms with Crippen LogP contribution in [0.2, 0.25) is 0 Å². The van der Waals surface area contributed by atoms with Crippen molar-refractivity contribution < 1.29 is 25.8 Å². The zero-order valence-electron chi connectivity index (χ0n) is 42.0. The Labute approximate surface area is 420 Å². The summed E-state index contributed by atoms with van der Waals surface area (Å²) in [6.07, 6.45) is 4.18. The van der Waals surface area contributed by atoms with Crippen LogP contribution in [0.4, 0.5) is 11.4 Å². The number of rotatable bonds is 9. The standard InChI is InChI=1S/C62H65N4O.Pt/c1-58(2,3)44-25-20-26-48(33-44)65-41-64(40-56(65)60(7,8)9)49-34-47(59(4,5)6)35-51(38-49)67-50-28-29-52-53-36-45(61(10,11)42-21-16-14-17-22-42)27-30-54(53)66(55(52)39-50)57-37-46(31-32-63-57)62(12,13)43-23-18-15-19-24-43;/h14-37,40-41H,1-13H3;/q-3;. The molecular formula is C62H65N4OPt-3. The number of benzene rings is 6. The van der Waals surface area contributed by atoms with Crippen molar-refractivity contribution >= 4 is 33.2 Å². The second kappa shape index (κ2) is 17.9. The number of ether oxygens (including phenoxy) is 1. The third kappa shape index (κ3) is 9.32. The normalized spacial score (nSPS) is 13.8. The van der Waals surface area contributed by atoms with Crippen molar-refractivity contribution in [2.75, 3.05) is 9.80 Å². The van der Waals surface area contributed by atoms with Crippen LogP contribution in [0.25, 0.3) is 27.6 Å². The number of aromatic nitrogens is 2. The minimum absolute atomic E-state index is 0. The van der Waals surface area contributed by atoms with E-state index in [1.54, 1.807) is 0 Å². The van der Waals surface area contributed by atoms with Crippen LogP contribution >= 0.6 is 0 Å². The molecule has 8 aromatic rings. The van der Waals surface area contributed by atoms with Crippen molar-refractivity contribution in [3.8, 4) is 17.3 Å². The van der Waals surface area contributed by atoms with Gasteiger partial charge in [-0.15, -0.1) is 53.6 Å². The van der Waals surface area contributed by atoms with Crippen LogP contribution in [0.15, 0.2) is 158 Å². The van der Waals surface area contributed by atoms with Crippen molar-refractivity contribution in [3.05, 3.63) is 210 Å². The zero-order valence-corrected chi connectivity index (χ0v) is 44.3. The summed E-state index contributed by atoms with van der Waals surface area (Å²) in [5.74, 6) is 2.06. The van der Waals surface area contributed by atoms with Crippen molar-refractivity contribution in [1.29, 1.82) is 0 Å². The molecule has 352 valence electrons. The Bertz CT molecular complexity index is 3140. The van der Waals surface area contributed by atoms with Gasteiger partial charge < -0.3 is 19.1 Å². The summed E-state index contributed by atoms with van der Waals surface area (Å²) in [6.45, 7) is 31.7. The molecule has 68 heavy (non-hydrogen) atoms. The molecule has 0 N–H and O–H groups in total. The predicted molar refractivity (Wildman–Crippen MR) is 281 cm³/mol. The second-order valence-electron chi connectivity index (χ2n) is 22.5. The maximum atomic E-state index is 6.92. The fourth-order valence-corrected chi connectivity index (χ4v) is 9.29. The third-order valence-electron chi connectivity index (χ3n) is 13.8. The Hall–Kier alpha value is -5.90. The van der Waals surface area contributed by atoms with Gasteiger partial charge in [-0.1, -0.05) is 180 Å². The average molecular weight is 1080 g/mol. The minimum Gasteiger partial charge on any atom is -0.509 e. The van der Waals surface area contributed by atoms with Crippen LogP contribution in [0, 0.1) is 24.2 Å². The van der Waals surface area contributed by atoms with Crippen LogP contribution in [-0.4, -0.2) is 9.55 Å². The van der Waals surface area contributed by atoms with E-state index < -0.39 is 0 Å². The van der Waals surface area contributed by atoms with E-state index in [0.717, 1.165) is 44.6 Å². The monoisotopic (exact) mass is 1080 g/mol. The van der Waals surface area contributed by atoms with Crippen molar-refractivity contribution in [1.82, 2.24) is 9.55 Å². The largest absolute Gasteiger partial charge is 0.509 e. The van der Waals surface area contributed by atoms with E-state index in [1.807, 2.05) is 12.3 Å². The molecule has 0 aliphatic carbocycles. The summed E-state index contributed by atoms with van der Waals surface area (Å²) >= 11 is 0. The van der Waals surface area contributed by atoms with E-state index >= 15 is 0 Å². The number of nitrogens with zero attached hydrogens (tertiary/aromatic N) is 4. The first-order valence-electron chi connectivity index (χ1n) is 23.7. The fraction of sp³-hybridized carbons (Fsp3) is 0.290. The Morgan fingerprint density at radius 3 is 1.74 bits per heavy atom. The van der Waals surface area contributed by atoms with E-state index in [0.29, 0.717) is 11.5 Å². The Morgan fingerprint density at radius 1 is 0.500 bits per heavy atom. The summed E-state index contributed by atoms with van der Waals surface area (Å²) in [5.41, 5.74) is 11.8. The molecule has 3 heterocycles. The molecule has 1 aliphatic heterocycles. The third-order valence-corrected chi connectivity index (χ3v) is 13.8. The summed E-state index contributed by atoms with van der Waals surface area (Å²) < 4.78 is 9.17. The Morgan fingerprint density at radius 2 is 1.12 bits per heavy atom. The molecular weight excluding hydrogens is 1010 g/mol. The molecule has 0 spiro atoms. The number of hydrogen-bond acceptors (Lipinski definition) is 4. The minimum atomic E-state index is -0.253. The van der Waals surface area contributed by atoms with E-state index in [2.05, 4.69) is 263 Å². The first kappa shape index (κ1) is 48.6. The van der Waals surface area contributed by atoms with Crippen LogP contribution < -0.4 is 14.5 Å². The number of allylic oxidation sites excluding steroid dienone is 1. The van der Waals surface area contributed by atoms with Crippen molar-refractivity contribution in [3.63, 3.8) is 0 Å². The van der Waals surface area contributed by atoms with E-state index in [-0.39, 0.29) is 48.1 Å². The zero-order chi connectivity index (χ0) is 47.7. The second-order valence-corrected chi connectivity index (χ2v) is 22.5. The van der Waals surface area contributed by atoms with Gasteiger partial charge in [0.15, 0.2) is 0 Å². The summed E-state index contributed by atoms with van der Waals surface area (Å²) in [7, 11) is 0. The first-order chi connectivity index (χ1) is 31.6. The maximum absolute atomic E-state index is 6.92. The number of pyridine rings is 1. The number of fused-ring (bicyclic) bond motifs is 3. The molecule has 1 aliphatic rings. The van der Waals surface area contributed by atoms with Gasteiger partial charge in [0.05, 0.1) is 0 Å². The van der Waals surface area contributed by atoms with Crippen LogP contribution in [0.5, 0.6) is 11.5 Å². The Balaban J connectivity index is 0.00000625. The number of hydrogen-bond donors (Lipinski definition) is 0. The molecule has 0 saturated carbocycles. The van der Waals surface area contributed by atoms with Gasteiger partial charge in [0, 0.05) is 71.9 Å². The molecule has 0 fully saturated rings. The van der Waals surface area contributed by atoms with Gasteiger partial charge >= 0.3 is 0 Å². The van der Waals surface area contributed by atoms with E-state index in [4.69, 9.17) is 9.72 Å². The predicted octanol–water partition coefficient (Wildman–Crippen LogP) is 16.1. The van der Waals surface area contributed by atoms with Gasteiger partial charge in [-0.25, -0.2) is 4.98 Å². The smallest absolute Gasteiger partial charge is 0.135 e. The molecule has 0 atom stereocenters. The molecule has 6 heteroatoms. The summed E-state index contributed by atoms with van der Waals surface area (Å²) in [5, 5.41) is 2.22. The molecule has 6 aromatic carbocycles. The quantitative estimate of drug-likeness (QED) is 0.135. The van der Waals surface area contributed by atoms with Gasteiger partial charge in [0.25, 0.3) is 0 Å². The van der Waals surface area contributed by atoms with E-state index in [1.165, 1.54) is 33.5 Å². The molecule has 0 bridgehead atoms. The molecule has 0 amide bonds. The summed E-state index contributed by atoms with van der Waals surface area (Å²) in [6, 6.07) is 57.7. The van der Waals surface area contributed by atoms with Crippen LogP contribution in [0.1, 0.15) is 123 Å². The SMILES string of the molecule is CC(C)(C)C1=CN(c2[c-]c(Oc3[c-]c4c(cc3)c3cc(C(C)(C)c5ccccc5)ccc3n4-c3cc(C(C)(C)c4ccccc4)ccn3)cc(C(C)(C)C)c2)[CH-]N1c1cccc(C(C)(C)C)c1.[Pt]. The maximum Gasteiger partial charge on any atom is 0.135 e. The van der Waals surface area contributed by atoms with Crippen molar-refractivity contribution in [2.24, 2.45) is 5.41 Å². The topological polar surface area (TPSA) is 33.5 Å². The van der Waals surface area contributed by atoms with Crippen LogP contribution in [0.3, 0.4) is 0 Å². The molecule has 9 rings (SSSR count). The average Bonchev–Trinajstić information content (AvgIpc) is 3.90. The van der Waals surface area contributed by atoms with E-state index in [9.17, 15) is 0 Å². The van der Waals surface area contributed by atoms with Gasteiger partial charge in [-0.3, -0.25) is 0 Å². The molecule has 5 nitrogen and oxygen atoms in total. The molecule has 2 aromatic heterocycles. The van der Waals surface area contributed by atoms with Gasteiger partial charge in [-0.2, -0.15) is 6.07 Å². The van der Waals surface area contributed by atoms with Crippen molar-refractivity contribution in [2.45, 2.75) is 112 Å².